The van der Waals surface area contributed by atoms with Crippen LogP contribution in [0.5, 0.6) is 5.75 Å². The predicted molar refractivity (Wildman–Crippen MR) is 112 cm³/mol. The Morgan fingerprint density at radius 1 is 1.17 bits per heavy atom. The van der Waals surface area contributed by atoms with E-state index in [1.165, 1.54) is 13.2 Å². The van der Waals surface area contributed by atoms with Crippen molar-refractivity contribution in [2.24, 2.45) is 5.92 Å². The first kappa shape index (κ1) is 20.5. The number of rotatable bonds is 5. The smallest absolute Gasteiger partial charge is 0.227 e. The van der Waals surface area contributed by atoms with Gasteiger partial charge in [0.15, 0.2) is 11.6 Å². The number of aromatic nitrogens is 2. The first-order valence-corrected chi connectivity index (χ1v) is 10.5. The van der Waals surface area contributed by atoms with Gasteiger partial charge in [-0.1, -0.05) is 6.07 Å². The molecule has 30 heavy (non-hydrogen) atoms. The van der Waals surface area contributed by atoms with E-state index in [1.807, 2.05) is 11.0 Å². The molecule has 0 saturated carbocycles. The van der Waals surface area contributed by atoms with Crippen molar-refractivity contribution in [1.82, 2.24) is 19.8 Å². The van der Waals surface area contributed by atoms with Crippen LogP contribution in [0, 0.1) is 11.7 Å². The normalized spacial score (nSPS) is 20.3. The van der Waals surface area contributed by atoms with Crippen molar-refractivity contribution >= 4 is 11.9 Å². The largest absolute Gasteiger partial charge is 0.494 e. The number of piperidine rings is 1. The lowest BCUT2D eigenvalue weighted by atomic mass is 9.96. The predicted octanol–water partition coefficient (Wildman–Crippen LogP) is 2.19. The molecule has 2 aliphatic rings. The van der Waals surface area contributed by atoms with Crippen LogP contribution in [0.3, 0.4) is 0 Å². The first-order valence-electron chi connectivity index (χ1n) is 10.5. The van der Waals surface area contributed by atoms with Crippen LogP contribution in [0.15, 0.2) is 36.7 Å². The number of halogens is 1. The Morgan fingerprint density at radius 3 is 2.63 bits per heavy atom. The average Bonchev–Trinajstić information content (AvgIpc) is 2.80. The molecule has 2 fully saturated rings. The number of piperazine rings is 1. The van der Waals surface area contributed by atoms with E-state index in [9.17, 15) is 9.18 Å². The Morgan fingerprint density at radius 2 is 1.93 bits per heavy atom. The van der Waals surface area contributed by atoms with Gasteiger partial charge >= 0.3 is 0 Å². The topological polar surface area (TPSA) is 61.8 Å². The summed E-state index contributed by atoms with van der Waals surface area (Å²) in [5.74, 6) is 0.840. The van der Waals surface area contributed by atoms with Crippen LogP contribution in [-0.4, -0.2) is 72.1 Å². The molecular weight excluding hydrogens is 385 g/mol. The minimum atomic E-state index is -0.340. The van der Waals surface area contributed by atoms with Crippen LogP contribution in [0.2, 0.25) is 0 Å². The third kappa shape index (κ3) is 4.70. The number of ether oxygens (including phenoxy) is 1. The number of benzene rings is 1. The molecule has 1 amide bonds. The molecule has 0 bridgehead atoms. The molecule has 8 heteroatoms. The van der Waals surface area contributed by atoms with Crippen LogP contribution in [0.4, 0.5) is 10.3 Å². The van der Waals surface area contributed by atoms with Crippen molar-refractivity contribution in [3.63, 3.8) is 0 Å². The van der Waals surface area contributed by atoms with E-state index in [-0.39, 0.29) is 23.4 Å². The summed E-state index contributed by atoms with van der Waals surface area (Å²) in [5, 5.41) is 0. The number of anilines is 1. The van der Waals surface area contributed by atoms with Crippen LogP contribution in [-0.2, 0) is 11.3 Å². The number of amides is 1. The van der Waals surface area contributed by atoms with E-state index in [0.29, 0.717) is 32.1 Å². The standard InChI is InChI=1S/C22H28FN5O2/c1-30-20-6-5-17(14-19(20)23)15-26-10-12-27(13-11-26)21(29)18-4-2-9-28(16-18)22-24-7-3-8-25-22/h3,5-8,14,18H,2,4,9-13,15-16H2,1H3. The van der Waals surface area contributed by atoms with Gasteiger partial charge in [-0.25, -0.2) is 14.4 Å². The quantitative estimate of drug-likeness (QED) is 0.749. The van der Waals surface area contributed by atoms with Gasteiger partial charge < -0.3 is 14.5 Å². The fraction of sp³-hybridized carbons (Fsp3) is 0.500. The molecule has 2 aliphatic heterocycles. The molecule has 0 radical (unpaired) electrons. The van der Waals surface area contributed by atoms with E-state index >= 15 is 0 Å². The highest BCUT2D eigenvalue weighted by molar-refractivity contribution is 5.79. The first-order chi connectivity index (χ1) is 14.6. The number of carbonyl (C=O) groups excluding carboxylic acids is 1. The Hall–Kier alpha value is -2.74. The van der Waals surface area contributed by atoms with Gasteiger partial charge in [-0.2, -0.15) is 0 Å². The number of nitrogens with zero attached hydrogens (tertiary/aromatic N) is 5. The number of hydrogen-bond donors (Lipinski definition) is 0. The second-order valence-electron chi connectivity index (χ2n) is 7.90. The second kappa shape index (κ2) is 9.38. The van der Waals surface area contributed by atoms with E-state index in [4.69, 9.17) is 4.74 Å². The molecule has 0 spiro atoms. The fourth-order valence-corrected chi connectivity index (χ4v) is 4.27. The molecule has 2 aromatic rings. The summed E-state index contributed by atoms with van der Waals surface area (Å²) in [7, 11) is 1.47. The highest BCUT2D eigenvalue weighted by atomic mass is 19.1. The molecule has 7 nitrogen and oxygen atoms in total. The molecule has 2 saturated heterocycles. The lowest BCUT2D eigenvalue weighted by molar-refractivity contribution is -0.137. The van der Waals surface area contributed by atoms with Crippen molar-refractivity contribution in [3.8, 4) is 5.75 Å². The van der Waals surface area contributed by atoms with E-state index in [0.717, 1.165) is 38.0 Å². The van der Waals surface area contributed by atoms with Gasteiger partial charge in [0.05, 0.1) is 13.0 Å². The van der Waals surface area contributed by atoms with Crippen LogP contribution in [0.1, 0.15) is 18.4 Å². The number of carbonyl (C=O) groups is 1. The summed E-state index contributed by atoms with van der Waals surface area (Å²) >= 11 is 0. The summed E-state index contributed by atoms with van der Waals surface area (Å²) < 4.78 is 18.9. The molecule has 1 atom stereocenters. The summed E-state index contributed by atoms with van der Waals surface area (Å²) in [5.41, 5.74) is 0.916. The van der Waals surface area contributed by atoms with Gasteiger partial charge in [-0.3, -0.25) is 9.69 Å². The molecule has 4 rings (SSSR count). The monoisotopic (exact) mass is 413 g/mol. The van der Waals surface area contributed by atoms with Crippen molar-refractivity contribution < 1.29 is 13.9 Å². The number of methoxy groups -OCH3 is 1. The van der Waals surface area contributed by atoms with Crippen LogP contribution < -0.4 is 9.64 Å². The number of hydrogen-bond acceptors (Lipinski definition) is 6. The molecule has 3 heterocycles. The minimum absolute atomic E-state index is 0.00945. The zero-order valence-corrected chi connectivity index (χ0v) is 17.3. The highest BCUT2D eigenvalue weighted by Crippen LogP contribution is 2.23. The Kier molecular flexibility index (Phi) is 6.42. The van der Waals surface area contributed by atoms with Gasteiger partial charge in [0.1, 0.15) is 0 Å². The van der Waals surface area contributed by atoms with Gasteiger partial charge in [0, 0.05) is 58.2 Å². The summed E-state index contributed by atoms with van der Waals surface area (Å²) in [6.07, 6.45) is 5.36. The Bertz CT molecular complexity index is 858. The second-order valence-corrected chi connectivity index (χ2v) is 7.90. The average molecular weight is 413 g/mol. The van der Waals surface area contributed by atoms with Gasteiger partial charge in [-0.05, 0) is 36.6 Å². The summed E-state index contributed by atoms with van der Waals surface area (Å²) in [6, 6.07) is 6.88. The maximum atomic E-state index is 13.9. The van der Waals surface area contributed by atoms with Crippen molar-refractivity contribution in [3.05, 3.63) is 48.0 Å². The van der Waals surface area contributed by atoms with Gasteiger partial charge in [0.2, 0.25) is 11.9 Å². The maximum Gasteiger partial charge on any atom is 0.227 e. The molecule has 1 aromatic carbocycles. The van der Waals surface area contributed by atoms with Crippen LogP contribution in [0.25, 0.3) is 0 Å². The third-order valence-corrected chi connectivity index (χ3v) is 5.91. The van der Waals surface area contributed by atoms with E-state index in [1.54, 1.807) is 24.5 Å². The van der Waals surface area contributed by atoms with Crippen molar-refractivity contribution in [1.29, 1.82) is 0 Å². The molecule has 0 aliphatic carbocycles. The summed E-state index contributed by atoms with van der Waals surface area (Å²) in [4.78, 5) is 28.1. The zero-order valence-electron chi connectivity index (χ0n) is 17.3. The van der Waals surface area contributed by atoms with Crippen molar-refractivity contribution in [2.75, 3.05) is 51.3 Å². The van der Waals surface area contributed by atoms with Gasteiger partial charge in [0.25, 0.3) is 0 Å². The molecular formula is C22H28FN5O2. The van der Waals surface area contributed by atoms with E-state index in [2.05, 4.69) is 19.8 Å². The fourth-order valence-electron chi connectivity index (χ4n) is 4.27. The lowest BCUT2D eigenvalue weighted by Crippen LogP contribution is -2.52. The van der Waals surface area contributed by atoms with Crippen molar-refractivity contribution in [2.45, 2.75) is 19.4 Å². The molecule has 160 valence electrons. The molecule has 0 N–H and O–H groups in total. The maximum absolute atomic E-state index is 13.9. The third-order valence-electron chi connectivity index (χ3n) is 5.91. The molecule has 1 aromatic heterocycles. The SMILES string of the molecule is COc1ccc(CN2CCN(C(=O)C3CCCN(c4ncccn4)C3)CC2)cc1F. The Labute approximate surface area is 176 Å². The van der Waals surface area contributed by atoms with Gasteiger partial charge in [-0.15, -0.1) is 0 Å². The summed E-state index contributed by atoms with van der Waals surface area (Å²) in [6.45, 7) is 5.22. The Balaban J connectivity index is 1.29. The highest BCUT2D eigenvalue weighted by Gasteiger charge is 2.31. The lowest BCUT2D eigenvalue weighted by Gasteiger charge is -2.39. The zero-order chi connectivity index (χ0) is 20.9. The van der Waals surface area contributed by atoms with E-state index < -0.39 is 0 Å². The minimum Gasteiger partial charge on any atom is -0.494 e. The van der Waals surface area contributed by atoms with Crippen LogP contribution >= 0.6 is 0 Å². The molecule has 1 unspecified atom stereocenters.